The summed E-state index contributed by atoms with van der Waals surface area (Å²) < 4.78 is 3.79. The molecule has 5 nitrogen and oxygen atoms in total. The maximum absolute atomic E-state index is 6.39. The Morgan fingerprint density at radius 3 is 2.48 bits per heavy atom. The van der Waals surface area contributed by atoms with Gasteiger partial charge in [-0.25, -0.2) is 0 Å². The molecule has 2 heterocycles. The molecule has 1 unspecified atom stereocenters. The molecule has 6 heteroatoms. The van der Waals surface area contributed by atoms with E-state index in [0.717, 1.165) is 35.8 Å². The number of nitrogens with one attached hydrogen (secondary N) is 1. The van der Waals surface area contributed by atoms with E-state index in [0.29, 0.717) is 0 Å². The van der Waals surface area contributed by atoms with Gasteiger partial charge in [-0.1, -0.05) is 18.5 Å². The molecule has 0 bridgehead atoms. The summed E-state index contributed by atoms with van der Waals surface area (Å²) in [5, 5.41) is 13.1. The lowest BCUT2D eigenvalue weighted by atomic mass is 10.0. The Balaban J connectivity index is 2.30. The number of hydrogen-bond donors (Lipinski definition) is 1. The molecule has 0 spiro atoms. The molecule has 116 valence electrons. The van der Waals surface area contributed by atoms with Crippen LogP contribution in [0.5, 0.6) is 0 Å². The summed E-state index contributed by atoms with van der Waals surface area (Å²) in [4.78, 5) is 0. The van der Waals surface area contributed by atoms with Gasteiger partial charge >= 0.3 is 0 Å². The summed E-state index contributed by atoms with van der Waals surface area (Å²) in [5.41, 5.74) is 4.34. The van der Waals surface area contributed by atoms with Crippen LogP contribution >= 0.6 is 11.6 Å². The summed E-state index contributed by atoms with van der Waals surface area (Å²) >= 11 is 6.39. The van der Waals surface area contributed by atoms with E-state index in [1.807, 2.05) is 36.6 Å². The second-order valence-electron chi connectivity index (χ2n) is 5.49. The van der Waals surface area contributed by atoms with Crippen LogP contribution in [0.1, 0.15) is 42.0 Å². The fraction of sp³-hybridized carbons (Fsp3) is 0.600. The lowest BCUT2D eigenvalue weighted by Crippen LogP contribution is -2.25. The van der Waals surface area contributed by atoms with Gasteiger partial charge in [0.1, 0.15) is 0 Å². The lowest BCUT2D eigenvalue weighted by molar-refractivity contribution is 0.509. The minimum Gasteiger partial charge on any atom is -0.309 e. The minimum absolute atomic E-state index is 0.200. The van der Waals surface area contributed by atoms with Crippen LogP contribution in [0.4, 0.5) is 0 Å². The molecule has 0 aliphatic carbocycles. The number of aryl methyl sites for hydroxylation is 3. The van der Waals surface area contributed by atoms with Crippen LogP contribution in [-0.2, 0) is 20.5 Å². The van der Waals surface area contributed by atoms with E-state index in [9.17, 15) is 0 Å². The van der Waals surface area contributed by atoms with Crippen LogP contribution in [0.2, 0.25) is 5.02 Å². The highest BCUT2D eigenvalue weighted by Crippen LogP contribution is 2.27. The van der Waals surface area contributed by atoms with Crippen LogP contribution < -0.4 is 5.32 Å². The Kier molecular flexibility index (Phi) is 5.06. The maximum atomic E-state index is 6.39. The molecule has 1 N–H and O–H groups in total. The first-order valence-electron chi connectivity index (χ1n) is 7.35. The first-order valence-corrected chi connectivity index (χ1v) is 7.73. The molecule has 0 radical (unpaired) electrons. The zero-order valence-corrected chi connectivity index (χ0v) is 14.2. The van der Waals surface area contributed by atoms with Crippen molar-refractivity contribution in [2.45, 2.75) is 39.7 Å². The van der Waals surface area contributed by atoms with E-state index in [2.05, 4.69) is 29.4 Å². The van der Waals surface area contributed by atoms with Gasteiger partial charge in [-0.15, -0.1) is 0 Å². The van der Waals surface area contributed by atoms with Crippen LogP contribution in [0.25, 0.3) is 0 Å². The second-order valence-corrected chi connectivity index (χ2v) is 5.87. The first-order chi connectivity index (χ1) is 9.95. The summed E-state index contributed by atoms with van der Waals surface area (Å²) in [6, 6.07) is 0.200. The minimum atomic E-state index is 0.200. The van der Waals surface area contributed by atoms with Crippen LogP contribution in [0, 0.1) is 13.8 Å². The average Bonchev–Trinajstić information content (AvgIpc) is 2.89. The van der Waals surface area contributed by atoms with Crippen molar-refractivity contribution in [3.8, 4) is 0 Å². The molecule has 2 aromatic heterocycles. The van der Waals surface area contributed by atoms with Gasteiger partial charge in [0.05, 0.1) is 22.6 Å². The lowest BCUT2D eigenvalue weighted by Gasteiger charge is -2.19. The van der Waals surface area contributed by atoms with Crippen molar-refractivity contribution >= 4 is 11.6 Å². The number of hydrogen-bond acceptors (Lipinski definition) is 3. The van der Waals surface area contributed by atoms with E-state index < -0.39 is 0 Å². The predicted molar refractivity (Wildman–Crippen MR) is 85.6 cm³/mol. The van der Waals surface area contributed by atoms with Crippen LogP contribution in [-0.4, -0.2) is 26.1 Å². The van der Waals surface area contributed by atoms with E-state index >= 15 is 0 Å². The van der Waals surface area contributed by atoms with Crippen molar-refractivity contribution in [3.05, 3.63) is 33.9 Å². The maximum Gasteiger partial charge on any atom is 0.0847 e. The Bertz CT molecular complexity index is 614. The molecule has 1 atom stereocenters. The molecule has 0 aromatic carbocycles. The summed E-state index contributed by atoms with van der Waals surface area (Å²) in [6.45, 7) is 7.17. The Morgan fingerprint density at radius 1 is 1.29 bits per heavy atom. The Hall–Kier alpha value is -1.33. The van der Waals surface area contributed by atoms with Crippen molar-refractivity contribution in [2.24, 2.45) is 14.1 Å². The standard InChI is InChI=1S/C15H24ClN5/c1-6-7-17-13(12-9-18-20(4)11(12)3)8-14-15(16)10(2)19-21(14)5/h9,13,17H,6-8H2,1-5H3. The Labute approximate surface area is 131 Å². The topological polar surface area (TPSA) is 47.7 Å². The first kappa shape index (κ1) is 16.0. The molecule has 2 aromatic rings. The van der Waals surface area contributed by atoms with Gasteiger partial charge in [0.25, 0.3) is 0 Å². The molecule has 0 amide bonds. The number of aromatic nitrogens is 4. The zero-order chi connectivity index (χ0) is 15.6. The van der Waals surface area contributed by atoms with Crippen molar-refractivity contribution < 1.29 is 0 Å². The van der Waals surface area contributed by atoms with Crippen molar-refractivity contribution in [2.75, 3.05) is 6.54 Å². The molecule has 0 aliphatic rings. The summed E-state index contributed by atoms with van der Waals surface area (Å²) in [5.74, 6) is 0. The second kappa shape index (κ2) is 6.62. The quantitative estimate of drug-likeness (QED) is 0.892. The van der Waals surface area contributed by atoms with E-state index in [1.165, 1.54) is 11.3 Å². The smallest absolute Gasteiger partial charge is 0.0847 e. The van der Waals surface area contributed by atoms with E-state index in [1.54, 1.807) is 0 Å². The van der Waals surface area contributed by atoms with Gasteiger partial charge in [-0.3, -0.25) is 9.36 Å². The average molecular weight is 310 g/mol. The van der Waals surface area contributed by atoms with Gasteiger partial charge < -0.3 is 5.32 Å². The SMILES string of the molecule is CCCNC(Cc1c(Cl)c(C)nn1C)c1cnn(C)c1C. The molecule has 0 saturated heterocycles. The molecule has 2 rings (SSSR count). The monoisotopic (exact) mass is 309 g/mol. The van der Waals surface area contributed by atoms with Crippen molar-refractivity contribution in [1.82, 2.24) is 24.9 Å². The molecule has 21 heavy (non-hydrogen) atoms. The van der Waals surface area contributed by atoms with Gasteiger partial charge in [-0.2, -0.15) is 10.2 Å². The van der Waals surface area contributed by atoms with Gasteiger partial charge in [0.15, 0.2) is 0 Å². The molecular weight excluding hydrogens is 286 g/mol. The number of halogens is 1. The van der Waals surface area contributed by atoms with Gasteiger partial charge in [0.2, 0.25) is 0 Å². The van der Waals surface area contributed by atoms with Crippen LogP contribution in [0.3, 0.4) is 0 Å². The Morgan fingerprint density at radius 2 is 2.00 bits per heavy atom. The highest BCUT2D eigenvalue weighted by molar-refractivity contribution is 6.31. The molecule has 0 fully saturated rings. The van der Waals surface area contributed by atoms with Crippen molar-refractivity contribution in [1.29, 1.82) is 0 Å². The number of nitrogens with zero attached hydrogens (tertiary/aromatic N) is 4. The third-order valence-electron chi connectivity index (χ3n) is 3.95. The highest BCUT2D eigenvalue weighted by atomic mass is 35.5. The molecule has 0 saturated carbocycles. The summed E-state index contributed by atoms with van der Waals surface area (Å²) in [7, 11) is 3.91. The van der Waals surface area contributed by atoms with E-state index in [4.69, 9.17) is 11.6 Å². The zero-order valence-electron chi connectivity index (χ0n) is 13.4. The summed E-state index contributed by atoms with van der Waals surface area (Å²) in [6.07, 6.45) is 3.84. The van der Waals surface area contributed by atoms with Gasteiger partial charge in [-0.05, 0) is 26.8 Å². The van der Waals surface area contributed by atoms with Gasteiger partial charge in [0, 0.05) is 37.8 Å². The third kappa shape index (κ3) is 3.30. The van der Waals surface area contributed by atoms with Crippen LogP contribution in [0.15, 0.2) is 6.20 Å². The predicted octanol–water partition coefficient (Wildman–Crippen LogP) is 2.71. The normalized spacial score (nSPS) is 12.9. The third-order valence-corrected chi connectivity index (χ3v) is 4.44. The molecular formula is C15H24ClN5. The highest BCUT2D eigenvalue weighted by Gasteiger charge is 2.21. The largest absolute Gasteiger partial charge is 0.309 e. The fourth-order valence-corrected chi connectivity index (χ4v) is 2.80. The van der Waals surface area contributed by atoms with E-state index in [-0.39, 0.29) is 6.04 Å². The molecule has 0 aliphatic heterocycles. The van der Waals surface area contributed by atoms with Crippen molar-refractivity contribution in [3.63, 3.8) is 0 Å². The fourth-order valence-electron chi connectivity index (χ4n) is 2.56. The number of rotatable bonds is 6.